The maximum absolute atomic E-state index is 12.3. The number of carbonyl (C=O) groups excluding carboxylic acids is 1. The molecule has 1 amide bonds. The molecule has 3 rings (SSSR count). The van der Waals surface area contributed by atoms with Gasteiger partial charge in [0.25, 0.3) is 5.91 Å². The van der Waals surface area contributed by atoms with Gasteiger partial charge in [-0.05, 0) is 37.2 Å². The third kappa shape index (κ3) is 2.72. The van der Waals surface area contributed by atoms with Crippen molar-refractivity contribution < 1.29 is 4.79 Å². The van der Waals surface area contributed by atoms with Crippen molar-refractivity contribution in [2.24, 2.45) is 5.92 Å². The first-order chi connectivity index (χ1) is 9.74. The van der Waals surface area contributed by atoms with Crippen LogP contribution in [0.3, 0.4) is 0 Å². The predicted octanol–water partition coefficient (Wildman–Crippen LogP) is 1.60. The van der Waals surface area contributed by atoms with Crippen LogP contribution in [0.5, 0.6) is 0 Å². The minimum absolute atomic E-state index is 0.0820. The molecule has 0 atom stereocenters. The van der Waals surface area contributed by atoms with Gasteiger partial charge in [0.05, 0.1) is 12.0 Å². The van der Waals surface area contributed by atoms with Crippen molar-refractivity contribution in [1.29, 1.82) is 0 Å². The van der Waals surface area contributed by atoms with Crippen LogP contribution in [0.1, 0.15) is 28.2 Å². The van der Waals surface area contributed by atoms with Crippen LogP contribution in [0.4, 0.5) is 0 Å². The molecule has 0 saturated carbocycles. The summed E-state index contributed by atoms with van der Waals surface area (Å²) in [5.41, 5.74) is 0.737. The van der Waals surface area contributed by atoms with Crippen molar-refractivity contribution in [1.82, 2.24) is 24.0 Å². The second kappa shape index (κ2) is 5.70. The number of amides is 1. The lowest BCUT2D eigenvalue weighted by atomic mass is 9.96. The second-order valence-corrected chi connectivity index (χ2v) is 5.94. The molecule has 0 radical (unpaired) electrons. The molecule has 0 aromatic carbocycles. The van der Waals surface area contributed by atoms with Gasteiger partial charge in [-0.2, -0.15) is 0 Å². The smallest absolute Gasteiger partial charge is 0.267 e. The number of hydrogen-bond donors (Lipinski definition) is 0. The molecule has 0 bridgehead atoms. The van der Waals surface area contributed by atoms with Crippen LogP contribution in [-0.4, -0.2) is 43.0 Å². The van der Waals surface area contributed by atoms with E-state index in [-0.39, 0.29) is 5.91 Å². The average molecular weight is 291 g/mol. The van der Waals surface area contributed by atoms with Gasteiger partial charge in [-0.1, -0.05) is 4.49 Å². The molecule has 0 spiro atoms. The number of aromatic nitrogens is 4. The van der Waals surface area contributed by atoms with Crippen LogP contribution < -0.4 is 0 Å². The molecule has 0 aliphatic carbocycles. The molecule has 0 unspecified atom stereocenters. The van der Waals surface area contributed by atoms with Gasteiger partial charge in [0.1, 0.15) is 4.88 Å². The molecule has 1 fully saturated rings. The van der Waals surface area contributed by atoms with Crippen LogP contribution >= 0.6 is 11.5 Å². The molecule has 0 N–H and O–H groups in total. The maximum atomic E-state index is 12.3. The Morgan fingerprint density at radius 2 is 2.25 bits per heavy atom. The monoisotopic (exact) mass is 291 g/mol. The molecule has 1 saturated heterocycles. The summed E-state index contributed by atoms with van der Waals surface area (Å²) < 4.78 is 5.95. The summed E-state index contributed by atoms with van der Waals surface area (Å²) in [7, 11) is 0. The van der Waals surface area contributed by atoms with Crippen LogP contribution in [0, 0.1) is 12.8 Å². The summed E-state index contributed by atoms with van der Waals surface area (Å²) >= 11 is 1.19. The van der Waals surface area contributed by atoms with Crippen molar-refractivity contribution in [2.45, 2.75) is 26.3 Å². The molecular formula is C13H17N5OS. The lowest BCUT2D eigenvalue weighted by molar-refractivity contribution is 0.0687. The third-order valence-electron chi connectivity index (χ3n) is 3.78. The standard InChI is InChI=1S/C13H17N5OS/c1-10-12(20-16-15-10)13(19)18-5-2-11(3-6-18)8-17-7-4-14-9-17/h4,7,9,11H,2-3,5-6,8H2,1H3. The zero-order valence-electron chi connectivity index (χ0n) is 11.4. The van der Waals surface area contributed by atoms with Crippen LogP contribution in [0.2, 0.25) is 0 Å². The Kier molecular flexibility index (Phi) is 3.77. The Hall–Kier alpha value is -1.76. The summed E-state index contributed by atoms with van der Waals surface area (Å²) in [6.45, 7) is 4.46. The van der Waals surface area contributed by atoms with Crippen molar-refractivity contribution in [3.05, 3.63) is 29.3 Å². The lowest BCUT2D eigenvalue weighted by Crippen LogP contribution is -2.39. The molecule has 2 aromatic rings. The first-order valence-corrected chi connectivity index (χ1v) is 7.55. The van der Waals surface area contributed by atoms with Gasteiger partial charge in [-0.15, -0.1) is 5.10 Å². The number of carbonyl (C=O) groups is 1. The third-order valence-corrected chi connectivity index (χ3v) is 4.59. The van der Waals surface area contributed by atoms with Crippen LogP contribution in [0.25, 0.3) is 0 Å². The molecule has 2 aromatic heterocycles. The van der Waals surface area contributed by atoms with E-state index in [1.54, 1.807) is 6.20 Å². The number of hydrogen-bond acceptors (Lipinski definition) is 5. The zero-order valence-corrected chi connectivity index (χ0v) is 12.2. The number of piperidine rings is 1. The summed E-state index contributed by atoms with van der Waals surface area (Å²) in [5, 5.41) is 3.91. The number of rotatable bonds is 3. The Morgan fingerprint density at radius 3 is 2.85 bits per heavy atom. The largest absolute Gasteiger partial charge is 0.338 e. The fraction of sp³-hybridized carbons (Fsp3) is 0.538. The molecule has 1 aliphatic rings. The molecule has 7 heteroatoms. The number of likely N-dealkylation sites (tertiary alicyclic amines) is 1. The maximum Gasteiger partial charge on any atom is 0.267 e. The van der Waals surface area contributed by atoms with Gasteiger partial charge < -0.3 is 9.47 Å². The highest BCUT2D eigenvalue weighted by atomic mass is 32.1. The van der Waals surface area contributed by atoms with Crippen molar-refractivity contribution in [3.63, 3.8) is 0 Å². The number of nitrogens with zero attached hydrogens (tertiary/aromatic N) is 5. The Labute approximate surface area is 121 Å². The van der Waals surface area contributed by atoms with Gasteiger partial charge in [-0.3, -0.25) is 4.79 Å². The van der Waals surface area contributed by atoms with E-state index in [2.05, 4.69) is 19.1 Å². The number of imidazole rings is 1. The van der Waals surface area contributed by atoms with E-state index in [9.17, 15) is 4.79 Å². The lowest BCUT2D eigenvalue weighted by Gasteiger charge is -2.31. The quantitative estimate of drug-likeness (QED) is 0.861. The Morgan fingerprint density at radius 1 is 1.45 bits per heavy atom. The van der Waals surface area contributed by atoms with Crippen molar-refractivity contribution >= 4 is 17.4 Å². The van der Waals surface area contributed by atoms with E-state index in [1.165, 1.54) is 11.5 Å². The van der Waals surface area contributed by atoms with E-state index in [0.717, 1.165) is 38.2 Å². The fourth-order valence-electron chi connectivity index (χ4n) is 2.58. The Balaban J connectivity index is 1.56. The first kappa shape index (κ1) is 13.2. The topological polar surface area (TPSA) is 63.9 Å². The molecule has 20 heavy (non-hydrogen) atoms. The SMILES string of the molecule is Cc1nnsc1C(=O)N1CCC(Cn2ccnc2)CC1. The van der Waals surface area contributed by atoms with E-state index in [4.69, 9.17) is 0 Å². The Bertz CT molecular complexity index is 571. The first-order valence-electron chi connectivity index (χ1n) is 6.78. The normalized spacial score (nSPS) is 16.6. The van der Waals surface area contributed by atoms with Crippen LogP contribution in [-0.2, 0) is 6.54 Å². The summed E-state index contributed by atoms with van der Waals surface area (Å²) in [5.74, 6) is 0.701. The summed E-state index contributed by atoms with van der Waals surface area (Å²) in [6, 6.07) is 0. The second-order valence-electron chi connectivity index (χ2n) is 5.18. The van der Waals surface area contributed by atoms with E-state index in [1.807, 2.05) is 24.3 Å². The minimum atomic E-state index is 0.0820. The fourth-order valence-corrected chi connectivity index (χ4v) is 3.21. The minimum Gasteiger partial charge on any atom is -0.338 e. The van der Waals surface area contributed by atoms with E-state index in [0.29, 0.717) is 10.8 Å². The van der Waals surface area contributed by atoms with Gasteiger partial charge >= 0.3 is 0 Å². The van der Waals surface area contributed by atoms with Gasteiger partial charge in [-0.25, -0.2) is 4.98 Å². The average Bonchev–Trinajstić information content (AvgIpc) is 3.10. The van der Waals surface area contributed by atoms with Crippen molar-refractivity contribution in [3.8, 4) is 0 Å². The number of aryl methyl sites for hydroxylation is 1. The van der Waals surface area contributed by atoms with E-state index < -0.39 is 0 Å². The zero-order chi connectivity index (χ0) is 13.9. The van der Waals surface area contributed by atoms with Gasteiger partial charge in [0.2, 0.25) is 0 Å². The van der Waals surface area contributed by atoms with Crippen LogP contribution in [0.15, 0.2) is 18.7 Å². The molecule has 1 aliphatic heterocycles. The molecular weight excluding hydrogens is 274 g/mol. The van der Waals surface area contributed by atoms with Gasteiger partial charge in [0.15, 0.2) is 0 Å². The highest BCUT2D eigenvalue weighted by Crippen LogP contribution is 2.22. The highest BCUT2D eigenvalue weighted by Gasteiger charge is 2.26. The summed E-state index contributed by atoms with van der Waals surface area (Å²) in [4.78, 5) is 19.0. The van der Waals surface area contributed by atoms with Crippen molar-refractivity contribution in [2.75, 3.05) is 13.1 Å². The van der Waals surface area contributed by atoms with Gasteiger partial charge in [0, 0.05) is 32.0 Å². The summed E-state index contributed by atoms with van der Waals surface area (Å²) in [6.07, 6.45) is 7.72. The highest BCUT2D eigenvalue weighted by molar-refractivity contribution is 7.07. The van der Waals surface area contributed by atoms with E-state index >= 15 is 0 Å². The predicted molar refractivity (Wildman–Crippen MR) is 75.5 cm³/mol. The molecule has 106 valence electrons. The molecule has 6 nitrogen and oxygen atoms in total. The molecule has 3 heterocycles.